The maximum absolute atomic E-state index is 12.8. The van der Waals surface area contributed by atoms with Gasteiger partial charge in [-0.25, -0.2) is 0 Å². The summed E-state index contributed by atoms with van der Waals surface area (Å²) < 4.78 is 38.3. The van der Waals surface area contributed by atoms with E-state index in [1.165, 1.54) is 4.90 Å². The molecule has 0 saturated carbocycles. The molecule has 0 radical (unpaired) electrons. The van der Waals surface area contributed by atoms with Crippen LogP contribution in [-0.4, -0.2) is 35.1 Å². The highest BCUT2D eigenvalue weighted by Crippen LogP contribution is 2.43. The summed E-state index contributed by atoms with van der Waals surface area (Å²) in [4.78, 5) is 18.5. The SMILES string of the molecule is Cc1ccc(NC(=O)C2C3=CCC2CN3CC(F)(F)F)cc1-c1ccccn1. The minimum atomic E-state index is -4.28. The summed E-state index contributed by atoms with van der Waals surface area (Å²) in [6.07, 6.45) is -0.160. The number of aromatic nitrogens is 1. The highest BCUT2D eigenvalue weighted by Gasteiger charge is 2.47. The van der Waals surface area contributed by atoms with Gasteiger partial charge in [0.05, 0.1) is 11.6 Å². The summed E-state index contributed by atoms with van der Waals surface area (Å²) >= 11 is 0. The first-order chi connectivity index (χ1) is 13.3. The second-order valence-corrected chi connectivity index (χ2v) is 7.33. The van der Waals surface area contributed by atoms with Crippen LogP contribution in [-0.2, 0) is 4.79 Å². The molecule has 1 saturated heterocycles. The number of amides is 1. The third-order valence-electron chi connectivity index (χ3n) is 5.34. The van der Waals surface area contributed by atoms with Crippen LogP contribution in [0.15, 0.2) is 54.4 Å². The Labute approximate surface area is 161 Å². The molecule has 1 amide bonds. The van der Waals surface area contributed by atoms with Crippen molar-refractivity contribution in [3.05, 3.63) is 59.9 Å². The van der Waals surface area contributed by atoms with Gasteiger partial charge in [0.1, 0.15) is 6.54 Å². The van der Waals surface area contributed by atoms with E-state index in [0.717, 1.165) is 16.8 Å². The first-order valence-corrected chi connectivity index (χ1v) is 9.16. The van der Waals surface area contributed by atoms with Gasteiger partial charge in [-0.2, -0.15) is 13.2 Å². The van der Waals surface area contributed by atoms with Crippen molar-refractivity contribution >= 4 is 11.6 Å². The Bertz CT molecular complexity index is 924. The summed E-state index contributed by atoms with van der Waals surface area (Å²) in [7, 11) is 0. The van der Waals surface area contributed by atoms with E-state index in [4.69, 9.17) is 0 Å². The highest BCUT2D eigenvalue weighted by molar-refractivity contribution is 5.96. The number of carbonyl (C=O) groups excluding carboxylic acids is 1. The van der Waals surface area contributed by atoms with E-state index in [-0.39, 0.29) is 18.4 Å². The zero-order valence-electron chi connectivity index (χ0n) is 15.3. The fourth-order valence-corrected chi connectivity index (χ4v) is 4.11. The van der Waals surface area contributed by atoms with E-state index in [9.17, 15) is 18.0 Å². The van der Waals surface area contributed by atoms with Gasteiger partial charge in [0.25, 0.3) is 0 Å². The number of carbonyl (C=O) groups is 1. The number of fused-ring (bicyclic) bond motifs is 2. The Hall–Kier alpha value is -2.83. The lowest BCUT2D eigenvalue weighted by Gasteiger charge is -2.24. The van der Waals surface area contributed by atoms with E-state index in [2.05, 4.69) is 10.3 Å². The molecule has 1 aromatic carbocycles. The summed E-state index contributed by atoms with van der Waals surface area (Å²) in [5.41, 5.74) is 3.85. The average Bonchev–Trinajstić information content (AvgIpc) is 3.20. The predicted molar refractivity (Wildman–Crippen MR) is 100 cm³/mol. The van der Waals surface area contributed by atoms with E-state index < -0.39 is 18.6 Å². The fourth-order valence-electron chi connectivity index (χ4n) is 4.11. The van der Waals surface area contributed by atoms with E-state index in [0.29, 0.717) is 17.8 Å². The Morgan fingerprint density at radius 1 is 1.29 bits per heavy atom. The van der Waals surface area contributed by atoms with Crippen LogP contribution in [0.25, 0.3) is 11.3 Å². The van der Waals surface area contributed by atoms with Crippen LogP contribution in [0, 0.1) is 18.8 Å². The quantitative estimate of drug-likeness (QED) is 0.846. The number of nitrogens with one attached hydrogen (secondary N) is 1. The number of hydrogen-bond acceptors (Lipinski definition) is 3. The molecule has 2 heterocycles. The molecule has 2 aromatic rings. The predicted octanol–water partition coefficient (Wildman–Crippen LogP) is 4.39. The number of anilines is 1. The number of aryl methyl sites for hydroxylation is 1. The van der Waals surface area contributed by atoms with Crippen LogP contribution in [0.3, 0.4) is 0 Å². The van der Waals surface area contributed by atoms with Crippen molar-refractivity contribution < 1.29 is 18.0 Å². The van der Waals surface area contributed by atoms with Crippen molar-refractivity contribution in [1.82, 2.24) is 9.88 Å². The monoisotopic (exact) mass is 387 g/mol. The normalized spacial score (nSPS) is 21.0. The maximum Gasteiger partial charge on any atom is 0.405 e. The number of rotatable bonds is 4. The Morgan fingerprint density at radius 3 is 2.82 bits per heavy atom. The standard InChI is InChI=1S/C21H20F3N3O/c1-13-5-7-15(10-16(13)17-4-2-3-9-25-17)26-20(28)19-14-6-8-18(19)27(11-14)12-21(22,23)24/h2-5,7-10,14,19H,6,11-12H2,1H3,(H,26,28). The molecular weight excluding hydrogens is 367 g/mol. The zero-order valence-corrected chi connectivity index (χ0v) is 15.3. The van der Waals surface area contributed by atoms with Gasteiger partial charge in [-0.3, -0.25) is 9.78 Å². The number of alkyl halides is 3. The van der Waals surface area contributed by atoms with Crippen LogP contribution in [0.4, 0.5) is 18.9 Å². The first kappa shape index (κ1) is 18.5. The fraction of sp³-hybridized carbons (Fsp3) is 0.333. The molecule has 146 valence electrons. The van der Waals surface area contributed by atoms with Crippen LogP contribution in [0.2, 0.25) is 0 Å². The lowest BCUT2D eigenvalue weighted by Crippen LogP contribution is -2.33. The molecule has 2 unspecified atom stereocenters. The molecule has 4 nitrogen and oxygen atoms in total. The molecule has 4 rings (SSSR count). The van der Waals surface area contributed by atoms with Crippen LogP contribution in [0.5, 0.6) is 0 Å². The number of likely N-dealkylation sites (tertiary alicyclic amines) is 1. The second kappa shape index (κ2) is 6.96. The average molecular weight is 387 g/mol. The molecule has 1 fully saturated rings. The third-order valence-corrected chi connectivity index (χ3v) is 5.34. The first-order valence-electron chi connectivity index (χ1n) is 9.16. The summed E-state index contributed by atoms with van der Waals surface area (Å²) in [5, 5.41) is 2.89. The number of pyridine rings is 1. The highest BCUT2D eigenvalue weighted by atomic mass is 19.4. The molecule has 2 atom stereocenters. The lowest BCUT2D eigenvalue weighted by molar-refractivity contribution is -0.141. The Kier molecular flexibility index (Phi) is 4.61. The van der Waals surface area contributed by atoms with Gasteiger partial charge in [0.2, 0.25) is 5.91 Å². The largest absolute Gasteiger partial charge is 0.405 e. The molecule has 0 spiro atoms. The van der Waals surface area contributed by atoms with Crippen molar-refractivity contribution in [2.45, 2.75) is 19.5 Å². The third kappa shape index (κ3) is 3.61. The number of hydrogen-bond donors (Lipinski definition) is 1. The van der Waals surface area contributed by atoms with Crippen molar-refractivity contribution in [3.8, 4) is 11.3 Å². The Balaban J connectivity index is 1.52. The number of halogens is 3. The van der Waals surface area contributed by atoms with Gasteiger partial charge in [-0.05, 0) is 49.1 Å². The van der Waals surface area contributed by atoms with Gasteiger partial charge in [0, 0.05) is 29.7 Å². The molecule has 7 heteroatoms. The zero-order chi connectivity index (χ0) is 19.9. The van der Waals surface area contributed by atoms with Gasteiger partial charge < -0.3 is 10.2 Å². The topological polar surface area (TPSA) is 45.2 Å². The molecule has 1 aromatic heterocycles. The number of benzene rings is 1. The molecule has 1 aliphatic heterocycles. The van der Waals surface area contributed by atoms with Gasteiger partial charge in [-0.1, -0.05) is 18.2 Å². The minimum Gasteiger partial charge on any atom is -0.365 e. The Morgan fingerprint density at radius 2 is 2.11 bits per heavy atom. The second-order valence-electron chi connectivity index (χ2n) is 7.33. The molecule has 1 aliphatic carbocycles. The summed E-state index contributed by atoms with van der Waals surface area (Å²) in [6, 6.07) is 11.2. The minimum absolute atomic E-state index is 0.0990. The molecule has 2 bridgehead atoms. The number of nitrogens with zero attached hydrogens (tertiary/aromatic N) is 2. The lowest BCUT2D eigenvalue weighted by atomic mass is 9.96. The van der Waals surface area contributed by atoms with Crippen molar-refractivity contribution in [2.24, 2.45) is 11.8 Å². The smallest absolute Gasteiger partial charge is 0.365 e. The van der Waals surface area contributed by atoms with Gasteiger partial charge in [0.15, 0.2) is 0 Å². The van der Waals surface area contributed by atoms with Crippen molar-refractivity contribution in [1.29, 1.82) is 0 Å². The number of allylic oxidation sites excluding steroid dienone is 1. The molecule has 2 aliphatic rings. The van der Waals surface area contributed by atoms with Crippen LogP contribution in [0.1, 0.15) is 12.0 Å². The molecule has 1 N–H and O–H groups in total. The van der Waals surface area contributed by atoms with Crippen LogP contribution >= 0.6 is 0 Å². The van der Waals surface area contributed by atoms with Crippen molar-refractivity contribution in [2.75, 3.05) is 18.4 Å². The van der Waals surface area contributed by atoms with Crippen LogP contribution < -0.4 is 5.32 Å². The van der Waals surface area contributed by atoms with E-state index in [1.54, 1.807) is 18.3 Å². The summed E-state index contributed by atoms with van der Waals surface area (Å²) in [5.74, 6) is -0.880. The van der Waals surface area contributed by atoms with Gasteiger partial charge in [-0.15, -0.1) is 0 Å². The van der Waals surface area contributed by atoms with E-state index in [1.807, 2.05) is 37.3 Å². The van der Waals surface area contributed by atoms with Gasteiger partial charge >= 0.3 is 6.18 Å². The molecule has 28 heavy (non-hydrogen) atoms. The summed E-state index contributed by atoms with van der Waals surface area (Å²) in [6.45, 7) is 1.23. The van der Waals surface area contributed by atoms with Crippen molar-refractivity contribution in [3.63, 3.8) is 0 Å². The maximum atomic E-state index is 12.8. The van der Waals surface area contributed by atoms with E-state index >= 15 is 0 Å². The molecular formula is C21H20F3N3O.